The van der Waals surface area contributed by atoms with Gasteiger partial charge in [0.05, 0.1) is 17.8 Å². The number of aryl methyl sites for hydroxylation is 1. The number of nitrogens with zero attached hydrogens (tertiary/aromatic N) is 2. The summed E-state index contributed by atoms with van der Waals surface area (Å²) in [6.07, 6.45) is 3.01. The maximum absolute atomic E-state index is 13.5. The first-order valence-electron chi connectivity index (χ1n) is 5.81. The molecule has 0 saturated carbocycles. The standard InChI is InChI=1S/C14H13FN2O2/c1-9(14(19)12-7-17(2)8-16-12)13(18)10-5-3-4-6-11(10)15/h3-9H,1-2H3. The summed E-state index contributed by atoms with van der Waals surface area (Å²) in [5.41, 5.74) is 0.138. The zero-order valence-corrected chi connectivity index (χ0v) is 10.6. The van der Waals surface area contributed by atoms with Crippen molar-refractivity contribution in [2.45, 2.75) is 6.92 Å². The van der Waals surface area contributed by atoms with Crippen LogP contribution in [0.4, 0.5) is 4.39 Å². The number of aromatic nitrogens is 2. The quantitative estimate of drug-likeness (QED) is 0.626. The van der Waals surface area contributed by atoms with Crippen molar-refractivity contribution in [2.24, 2.45) is 13.0 Å². The van der Waals surface area contributed by atoms with E-state index < -0.39 is 23.3 Å². The molecule has 0 saturated heterocycles. The molecule has 1 unspecified atom stereocenters. The molecule has 5 heteroatoms. The Morgan fingerprint density at radius 1 is 1.26 bits per heavy atom. The summed E-state index contributed by atoms with van der Waals surface area (Å²) in [5, 5.41) is 0. The van der Waals surface area contributed by atoms with Gasteiger partial charge in [0, 0.05) is 13.2 Å². The van der Waals surface area contributed by atoms with Crippen molar-refractivity contribution in [3.63, 3.8) is 0 Å². The number of imidazole rings is 1. The Hall–Kier alpha value is -2.30. The van der Waals surface area contributed by atoms with Gasteiger partial charge in [-0.05, 0) is 19.1 Å². The predicted molar refractivity (Wildman–Crippen MR) is 67.4 cm³/mol. The second kappa shape index (κ2) is 5.14. The fourth-order valence-electron chi connectivity index (χ4n) is 1.78. The van der Waals surface area contributed by atoms with E-state index in [-0.39, 0.29) is 11.3 Å². The average Bonchev–Trinajstić information content (AvgIpc) is 2.83. The van der Waals surface area contributed by atoms with E-state index in [4.69, 9.17) is 0 Å². The highest BCUT2D eigenvalue weighted by Gasteiger charge is 2.26. The Morgan fingerprint density at radius 2 is 1.95 bits per heavy atom. The van der Waals surface area contributed by atoms with Crippen molar-refractivity contribution < 1.29 is 14.0 Å². The number of hydrogen-bond donors (Lipinski definition) is 0. The molecule has 0 aliphatic heterocycles. The SMILES string of the molecule is CC(C(=O)c1cn(C)cn1)C(=O)c1ccccc1F. The smallest absolute Gasteiger partial charge is 0.193 e. The van der Waals surface area contributed by atoms with Gasteiger partial charge in [-0.3, -0.25) is 9.59 Å². The first-order valence-corrected chi connectivity index (χ1v) is 5.81. The Balaban J connectivity index is 2.25. The van der Waals surface area contributed by atoms with Crippen molar-refractivity contribution >= 4 is 11.6 Å². The summed E-state index contributed by atoms with van der Waals surface area (Å²) >= 11 is 0. The van der Waals surface area contributed by atoms with Crippen LogP contribution in [-0.4, -0.2) is 21.1 Å². The minimum absolute atomic E-state index is 0.0701. The van der Waals surface area contributed by atoms with E-state index in [2.05, 4.69) is 4.98 Å². The lowest BCUT2D eigenvalue weighted by Gasteiger charge is -2.08. The molecule has 0 bridgehead atoms. The van der Waals surface area contributed by atoms with Gasteiger partial charge in [-0.1, -0.05) is 12.1 Å². The van der Waals surface area contributed by atoms with Crippen molar-refractivity contribution in [1.29, 1.82) is 0 Å². The molecule has 98 valence electrons. The highest BCUT2D eigenvalue weighted by molar-refractivity contribution is 6.15. The number of hydrogen-bond acceptors (Lipinski definition) is 3. The molecule has 1 aromatic heterocycles. The molecule has 0 aliphatic rings. The number of benzene rings is 1. The van der Waals surface area contributed by atoms with Gasteiger partial charge in [-0.15, -0.1) is 0 Å². The van der Waals surface area contributed by atoms with Crippen molar-refractivity contribution in [2.75, 3.05) is 0 Å². The van der Waals surface area contributed by atoms with Crippen LogP contribution in [0.15, 0.2) is 36.8 Å². The molecular formula is C14H13FN2O2. The van der Waals surface area contributed by atoms with Crippen LogP contribution in [-0.2, 0) is 7.05 Å². The lowest BCUT2D eigenvalue weighted by atomic mass is 9.94. The van der Waals surface area contributed by atoms with Crippen molar-refractivity contribution in [1.82, 2.24) is 9.55 Å². The summed E-state index contributed by atoms with van der Waals surface area (Å²) in [4.78, 5) is 28.1. The number of Topliss-reactive ketones (excluding diaryl/α,β-unsaturated/α-hetero) is 2. The molecular weight excluding hydrogens is 247 g/mol. The number of ketones is 2. The van der Waals surface area contributed by atoms with Gasteiger partial charge < -0.3 is 4.57 Å². The lowest BCUT2D eigenvalue weighted by Crippen LogP contribution is -2.22. The topological polar surface area (TPSA) is 52.0 Å². The summed E-state index contributed by atoms with van der Waals surface area (Å²) in [7, 11) is 1.73. The fraction of sp³-hybridized carbons (Fsp3) is 0.214. The summed E-state index contributed by atoms with van der Waals surface area (Å²) in [5.74, 6) is -2.51. The number of rotatable bonds is 4. The van der Waals surface area contributed by atoms with E-state index in [9.17, 15) is 14.0 Å². The highest BCUT2D eigenvalue weighted by atomic mass is 19.1. The van der Waals surface area contributed by atoms with Crippen molar-refractivity contribution in [3.8, 4) is 0 Å². The van der Waals surface area contributed by atoms with Gasteiger partial charge in [0.2, 0.25) is 0 Å². The van der Waals surface area contributed by atoms with Crippen LogP contribution in [0.2, 0.25) is 0 Å². The van der Waals surface area contributed by atoms with E-state index in [0.29, 0.717) is 0 Å². The maximum atomic E-state index is 13.5. The minimum atomic E-state index is -0.952. The molecule has 19 heavy (non-hydrogen) atoms. The van der Waals surface area contributed by atoms with Crippen LogP contribution < -0.4 is 0 Å². The molecule has 0 aliphatic carbocycles. The van der Waals surface area contributed by atoms with Gasteiger partial charge in [0.1, 0.15) is 11.5 Å². The van der Waals surface area contributed by atoms with Gasteiger partial charge in [-0.25, -0.2) is 9.37 Å². The second-order valence-electron chi connectivity index (χ2n) is 4.35. The highest BCUT2D eigenvalue weighted by Crippen LogP contribution is 2.16. The van der Waals surface area contributed by atoms with Gasteiger partial charge >= 0.3 is 0 Å². The molecule has 1 atom stereocenters. The average molecular weight is 260 g/mol. The molecule has 0 spiro atoms. The molecule has 0 N–H and O–H groups in total. The van der Waals surface area contributed by atoms with E-state index in [1.165, 1.54) is 37.6 Å². The van der Waals surface area contributed by atoms with Gasteiger partial charge in [0.15, 0.2) is 11.6 Å². The Morgan fingerprint density at radius 3 is 2.53 bits per heavy atom. The van der Waals surface area contributed by atoms with Gasteiger partial charge in [-0.2, -0.15) is 0 Å². The van der Waals surface area contributed by atoms with Crippen LogP contribution in [0.25, 0.3) is 0 Å². The third kappa shape index (κ3) is 2.59. The molecule has 4 nitrogen and oxygen atoms in total. The zero-order valence-electron chi connectivity index (χ0n) is 10.6. The normalized spacial score (nSPS) is 12.2. The largest absolute Gasteiger partial charge is 0.340 e. The van der Waals surface area contributed by atoms with Crippen LogP contribution in [0.3, 0.4) is 0 Å². The first kappa shape index (κ1) is 13.1. The van der Waals surface area contributed by atoms with E-state index in [1.54, 1.807) is 17.7 Å². The molecule has 1 aromatic carbocycles. The second-order valence-corrected chi connectivity index (χ2v) is 4.35. The van der Waals surface area contributed by atoms with E-state index in [1.807, 2.05) is 0 Å². The number of halogens is 1. The number of carbonyl (C=O) groups excluding carboxylic acids is 2. The minimum Gasteiger partial charge on any atom is -0.340 e. The van der Waals surface area contributed by atoms with E-state index in [0.717, 1.165) is 0 Å². The molecule has 0 amide bonds. The van der Waals surface area contributed by atoms with Gasteiger partial charge in [0.25, 0.3) is 0 Å². The molecule has 2 aromatic rings. The van der Waals surface area contributed by atoms with Crippen LogP contribution in [0.5, 0.6) is 0 Å². The molecule has 1 heterocycles. The van der Waals surface area contributed by atoms with Crippen LogP contribution >= 0.6 is 0 Å². The Bertz CT molecular complexity index is 634. The third-order valence-corrected chi connectivity index (χ3v) is 2.88. The van der Waals surface area contributed by atoms with Crippen LogP contribution in [0, 0.1) is 11.7 Å². The predicted octanol–water partition coefficient (Wildman–Crippen LogP) is 2.26. The maximum Gasteiger partial charge on any atom is 0.193 e. The Kier molecular flexibility index (Phi) is 3.55. The third-order valence-electron chi connectivity index (χ3n) is 2.88. The Labute approximate surface area is 109 Å². The fourth-order valence-corrected chi connectivity index (χ4v) is 1.78. The monoisotopic (exact) mass is 260 g/mol. The summed E-state index contributed by atoms with van der Waals surface area (Å²) in [6.45, 7) is 1.46. The zero-order chi connectivity index (χ0) is 14.0. The first-order chi connectivity index (χ1) is 9.00. The van der Waals surface area contributed by atoms with E-state index >= 15 is 0 Å². The van der Waals surface area contributed by atoms with Crippen LogP contribution in [0.1, 0.15) is 27.8 Å². The van der Waals surface area contributed by atoms with Crippen molar-refractivity contribution in [3.05, 3.63) is 53.9 Å². The molecule has 2 rings (SSSR count). The molecule has 0 radical (unpaired) electrons. The molecule has 0 fully saturated rings. The summed E-state index contributed by atoms with van der Waals surface area (Å²) < 4.78 is 15.1. The summed E-state index contributed by atoms with van der Waals surface area (Å²) in [6, 6.07) is 5.64. The lowest BCUT2D eigenvalue weighted by molar-refractivity contribution is 0.0816. The number of carbonyl (C=O) groups is 2.